The number of pyridine rings is 1. The summed E-state index contributed by atoms with van der Waals surface area (Å²) < 4.78 is 37.2. The van der Waals surface area contributed by atoms with Crippen LogP contribution in [0.5, 0.6) is 0 Å². The first-order valence-electron chi connectivity index (χ1n) is 3.21. The van der Waals surface area contributed by atoms with Crippen LogP contribution in [-0.4, -0.2) is 9.91 Å². The van der Waals surface area contributed by atoms with Gasteiger partial charge in [0.1, 0.15) is 9.26 Å². The highest BCUT2D eigenvalue weighted by atomic mass is 127. The zero-order valence-corrected chi connectivity index (χ0v) is 8.53. The summed E-state index contributed by atoms with van der Waals surface area (Å²) in [5.74, 6) is -1.36. The molecule has 76 valence electrons. The monoisotopic (exact) mass is 318 g/mol. The smallest absolute Gasteiger partial charge is 0.258 e. The van der Waals surface area contributed by atoms with E-state index in [1.807, 2.05) is 0 Å². The molecule has 0 saturated heterocycles. The van der Waals surface area contributed by atoms with Crippen LogP contribution >= 0.6 is 22.6 Å². The molecule has 0 bridgehead atoms. The van der Waals surface area contributed by atoms with Gasteiger partial charge in [-0.05, 0) is 22.6 Å². The lowest BCUT2D eigenvalue weighted by atomic mass is 10.2. The molecule has 1 rings (SSSR count). The van der Waals surface area contributed by atoms with Crippen LogP contribution in [0.1, 0.15) is 12.0 Å². The van der Waals surface area contributed by atoms with Gasteiger partial charge in [0, 0.05) is 0 Å². The van der Waals surface area contributed by atoms with E-state index in [9.17, 15) is 23.3 Å². The Morgan fingerprint density at radius 2 is 2.14 bits per heavy atom. The van der Waals surface area contributed by atoms with Gasteiger partial charge in [-0.15, -0.1) is 0 Å². The van der Waals surface area contributed by atoms with Crippen LogP contribution < -0.4 is 0 Å². The number of hydrogen-bond donors (Lipinski definition) is 0. The first kappa shape index (κ1) is 11.1. The molecule has 0 aliphatic carbocycles. The molecule has 0 N–H and O–H groups in total. The van der Waals surface area contributed by atoms with Crippen LogP contribution in [0.4, 0.5) is 18.9 Å². The molecule has 1 heterocycles. The highest BCUT2D eigenvalue weighted by Crippen LogP contribution is 2.33. The van der Waals surface area contributed by atoms with Gasteiger partial charge >= 0.3 is 5.69 Å². The van der Waals surface area contributed by atoms with Crippen LogP contribution in [0.15, 0.2) is 6.20 Å². The zero-order chi connectivity index (χ0) is 10.9. The van der Waals surface area contributed by atoms with Gasteiger partial charge in [-0.1, -0.05) is 0 Å². The van der Waals surface area contributed by atoms with Crippen molar-refractivity contribution in [2.75, 3.05) is 0 Å². The normalized spacial score (nSPS) is 10.6. The summed E-state index contributed by atoms with van der Waals surface area (Å²) in [5, 5.41) is 10.3. The van der Waals surface area contributed by atoms with Crippen molar-refractivity contribution in [3.63, 3.8) is 0 Å². The van der Waals surface area contributed by atoms with Crippen molar-refractivity contribution in [1.82, 2.24) is 4.98 Å². The quantitative estimate of drug-likeness (QED) is 0.365. The van der Waals surface area contributed by atoms with E-state index in [0.29, 0.717) is 6.20 Å². The molecule has 0 radical (unpaired) electrons. The average Bonchev–Trinajstić information content (AvgIpc) is 2.07. The lowest BCUT2D eigenvalue weighted by molar-refractivity contribution is -0.389. The Morgan fingerprint density at radius 3 is 2.50 bits per heavy atom. The van der Waals surface area contributed by atoms with Gasteiger partial charge in [-0.2, -0.15) is 4.39 Å². The van der Waals surface area contributed by atoms with Crippen LogP contribution in [0.25, 0.3) is 0 Å². The second-order valence-corrected chi connectivity index (χ2v) is 3.24. The second kappa shape index (κ2) is 4.07. The van der Waals surface area contributed by atoms with Crippen molar-refractivity contribution in [3.8, 4) is 0 Å². The first-order chi connectivity index (χ1) is 6.45. The van der Waals surface area contributed by atoms with Gasteiger partial charge < -0.3 is 0 Å². The summed E-state index contributed by atoms with van der Waals surface area (Å²) in [4.78, 5) is 12.4. The number of hydrogen-bond acceptors (Lipinski definition) is 3. The Balaban J connectivity index is 3.50. The van der Waals surface area contributed by atoms with Crippen LogP contribution in [-0.2, 0) is 0 Å². The maximum atomic E-state index is 12.8. The predicted molar refractivity (Wildman–Crippen MR) is 48.5 cm³/mol. The van der Waals surface area contributed by atoms with Crippen LogP contribution in [0.2, 0.25) is 0 Å². The highest BCUT2D eigenvalue weighted by molar-refractivity contribution is 14.1. The third kappa shape index (κ3) is 1.94. The molecule has 1 aromatic heterocycles. The van der Waals surface area contributed by atoms with Crippen molar-refractivity contribution in [2.24, 2.45) is 0 Å². The molecule has 8 heteroatoms. The second-order valence-electron chi connectivity index (χ2n) is 2.22. The summed E-state index contributed by atoms with van der Waals surface area (Å²) in [6.45, 7) is 0. The van der Waals surface area contributed by atoms with Gasteiger partial charge in [-0.3, -0.25) is 10.1 Å². The Labute approximate surface area is 89.4 Å². The molecule has 0 aliphatic rings. The molecular weight excluding hydrogens is 316 g/mol. The molecule has 4 nitrogen and oxygen atoms in total. The minimum Gasteiger partial charge on any atom is -0.258 e. The van der Waals surface area contributed by atoms with Crippen LogP contribution in [0, 0.1) is 19.6 Å². The van der Waals surface area contributed by atoms with E-state index in [1.165, 1.54) is 22.6 Å². The van der Waals surface area contributed by atoms with Gasteiger partial charge in [-0.25, -0.2) is 13.8 Å². The SMILES string of the molecule is O=[N+]([O-])c1c(F)cnc(I)c1C(F)F. The predicted octanol–water partition coefficient (Wildman–Crippen LogP) is 2.67. The summed E-state index contributed by atoms with van der Waals surface area (Å²) in [7, 11) is 0. The Morgan fingerprint density at radius 1 is 1.57 bits per heavy atom. The number of halogens is 4. The average molecular weight is 318 g/mol. The summed E-state index contributed by atoms with van der Waals surface area (Å²) in [6, 6.07) is 0. The molecule has 0 saturated carbocycles. The molecule has 1 aromatic rings. The maximum Gasteiger partial charge on any atom is 0.317 e. The van der Waals surface area contributed by atoms with E-state index in [4.69, 9.17) is 0 Å². The summed E-state index contributed by atoms with van der Waals surface area (Å²) in [6.07, 6.45) is -2.57. The van der Waals surface area contributed by atoms with E-state index >= 15 is 0 Å². The van der Waals surface area contributed by atoms with Gasteiger partial charge in [0.15, 0.2) is 0 Å². The topological polar surface area (TPSA) is 56.0 Å². The van der Waals surface area contributed by atoms with Gasteiger partial charge in [0.25, 0.3) is 6.43 Å². The molecule has 0 amide bonds. The number of aromatic nitrogens is 1. The van der Waals surface area contributed by atoms with Crippen LogP contribution in [0.3, 0.4) is 0 Å². The largest absolute Gasteiger partial charge is 0.317 e. The molecular formula is C6H2F3IN2O2. The zero-order valence-electron chi connectivity index (χ0n) is 6.38. The molecule has 0 unspecified atom stereocenters. The van der Waals surface area contributed by atoms with E-state index < -0.39 is 28.4 Å². The summed E-state index contributed by atoms with van der Waals surface area (Å²) in [5.41, 5.74) is -2.19. The lowest BCUT2D eigenvalue weighted by Gasteiger charge is -2.03. The number of rotatable bonds is 2. The highest BCUT2D eigenvalue weighted by Gasteiger charge is 2.29. The molecule has 0 fully saturated rings. The fourth-order valence-corrected chi connectivity index (χ4v) is 1.48. The molecule has 14 heavy (non-hydrogen) atoms. The number of nitrogens with zero attached hydrogens (tertiary/aromatic N) is 2. The van der Waals surface area contributed by atoms with Crippen molar-refractivity contribution in [2.45, 2.75) is 6.43 Å². The lowest BCUT2D eigenvalue weighted by Crippen LogP contribution is -2.03. The maximum absolute atomic E-state index is 12.8. The Bertz CT molecular complexity index is 386. The number of alkyl halides is 2. The van der Waals surface area contributed by atoms with E-state index in [2.05, 4.69) is 4.98 Å². The van der Waals surface area contributed by atoms with E-state index in [-0.39, 0.29) is 3.70 Å². The first-order valence-corrected chi connectivity index (χ1v) is 4.29. The third-order valence-electron chi connectivity index (χ3n) is 1.40. The molecule has 0 atom stereocenters. The fraction of sp³-hybridized carbons (Fsp3) is 0.167. The third-order valence-corrected chi connectivity index (χ3v) is 2.26. The Hall–Kier alpha value is -0.930. The minimum absolute atomic E-state index is 0.272. The Kier molecular flexibility index (Phi) is 3.24. The van der Waals surface area contributed by atoms with E-state index in [0.717, 1.165) is 0 Å². The summed E-state index contributed by atoms with van der Waals surface area (Å²) >= 11 is 1.39. The van der Waals surface area contributed by atoms with Gasteiger partial charge in [0.05, 0.1) is 11.1 Å². The number of nitro groups is 1. The van der Waals surface area contributed by atoms with Gasteiger partial charge in [0.2, 0.25) is 5.82 Å². The molecule has 0 spiro atoms. The van der Waals surface area contributed by atoms with Crippen molar-refractivity contribution >= 4 is 28.3 Å². The van der Waals surface area contributed by atoms with Crippen molar-refractivity contribution in [1.29, 1.82) is 0 Å². The molecule has 0 aliphatic heterocycles. The van der Waals surface area contributed by atoms with Crippen molar-refractivity contribution in [3.05, 3.63) is 31.4 Å². The van der Waals surface area contributed by atoms with E-state index in [1.54, 1.807) is 0 Å². The molecule has 0 aromatic carbocycles. The fourth-order valence-electron chi connectivity index (χ4n) is 0.849. The van der Waals surface area contributed by atoms with Crippen molar-refractivity contribution < 1.29 is 18.1 Å². The minimum atomic E-state index is -3.12. The standard InChI is InChI=1S/C6H2F3IN2O2/c7-2-1-11-6(10)3(5(8)9)4(2)12(13)14/h1,5H.